The van der Waals surface area contributed by atoms with E-state index in [1.165, 1.54) is 0 Å². The topological polar surface area (TPSA) is 72.1 Å². The van der Waals surface area contributed by atoms with Crippen LogP contribution < -0.4 is 5.73 Å². The lowest BCUT2D eigenvalue weighted by atomic mass is 9.90. The van der Waals surface area contributed by atoms with Gasteiger partial charge in [-0.2, -0.15) is 0 Å². The molecule has 138 valence electrons. The first-order chi connectivity index (χ1) is 13.0. The summed E-state index contributed by atoms with van der Waals surface area (Å²) in [6, 6.07) is 11.8. The number of rotatable bonds is 3. The van der Waals surface area contributed by atoms with Crippen LogP contribution in [0.4, 0.5) is 0 Å². The van der Waals surface area contributed by atoms with Crippen molar-refractivity contribution in [2.45, 2.75) is 20.3 Å². The highest BCUT2D eigenvalue weighted by atomic mass is 16.2. The molecule has 2 N–H and O–H groups in total. The molecule has 3 aromatic rings. The lowest BCUT2D eigenvalue weighted by Crippen LogP contribution is -2.34. The van der Waals surface area contributed by atoms with Gasteiger partial charge < -0.3 is 10.6 Å². The molecule has 1 aliphatic rings. The van der Waals surface area contributed by atoms with E-state index in [1.54, 1.807) is 12.4 Å². The van der Waals surface area contributed by atoms with Gasteiger partial charge in [-0.1, -0.05) is 18.6 Å². The Morgan fingerprint density at radius 1 is 1.30 bits per heavy atom. The molecule has 1 aromatic carbocycles. The molecule has 0 saturated carbocycles. The van der Waals surface area contributed by atoms with Crippen molar-refractivity contribution in [3.05, 3.63) is 59.9 Å². The lowest BCUT2D eigenvalue weighted by molar-refractivity contribution is 0.0779. The van der Waals surface area contributed by atoms with Crippen LogP contribution in [0.2, 0.25) is 0 Å². The Labute approximate surface area is 159 Å². The van der Waals surface area contributed by atoms with Gasteiger partial charge in [0.25, 0.3) is 5.91 Å². The zero-order valence-electron chi connectivity index (χ0n) is 15.8. The molecule has 0 radical (unpaired) electrons. The molecule has 1 saturated heterocycles. The van der Waals surface area contributed by atoms with E-state index in [-0.39, 0.29) is 11.3 Å². The smallest absolute Gasteiger partial charge is 0.254 e. The Balaban J connectivity index is 1.83. The summed E-state index contributed by atoms with van der Waals surface area (Å²) < 4.78 is 0. The molecule has 2 aromatic heterocycles. The fourth-order valence-corrected chi connectivity index (χ4v) is 3.71. The number of benzene rings is 1. The van der Waals surface area contributed by atoms with Crippen LogP contribution in [-0.4, -0.2) is 40.4 Å². The van der Waals surface area contributed by atoms with E-state index in [0.29, 0.717) is 18.7 Å². The maximum Gasteiger partial charge on any atom is 0.254 e. The summed E-state index contributed by atoms with van der Waals surface area (Å²) in [7, 11) is 0. The van der Waals surface area contributed by atoms with Gasteiger partial charge in [0, 0.05) is 36.4 Å². The molecule has 4 rings (SSSR count). The standard InChI is InChI=1S/C22H24N4O/c1-15-5-6-19-17(10-15)18(11-20(25-19)16-4-3-8-24-12-16)21(27)26-9-7-22(2,13-23)14-26/h3-6,8,10-12H,7,9,13-14,23H2,1-2H3. The summed E-state index contributed by atoms with van der Waals surface area (Å²) >= 11 is 0. The monoisotopic (exact) mass is 360 g/mol. The minimum absolute atomic E-state index is 0.000586. The first kappa shape index (κ1) is 17.6. The number of likely N-dealkylation sites (tertiary alicyclic amines) is 1. The second-order valence-corrected chi connectivity index (χ2v) is 7.81. The van der Waals surface area contributed by atoms with Crippen LogP contribution in [0.15, 0.2) is 48.8 Å². The fraction of sp³-hybridized carbons (Fsp3) is 0.318. The highest BCUT2D eigenvalue weighted by molar-refractivity contribution is 6.07. The number of carbonyl (C=O) groups excluding carboxylic acids is 1. The summed E-state index contributed by atoms with van der Waals surface area (Å²) in [6.45, 7) is 6.21. The maximum absolute atomic E-state index is 13.4. The molecule has 0 spiro atoms. The Morgan fingerprint density at radius 2 is 2.15 bits per heavy atom. The summed E-state index contributed by atoms with van der Waals surface area (Å²) in [5.41, 5.74) is 10.2. The van der Waals surface area contributed by atoms with E-state index >= 15 is 0 Å². The molecule has 1 fully saturated rings. The van der Waals surface area contributed by atoms with Crippen LogP contribution in [0, 0.1) is 12.3 Å². The molecule has 1 unspecified atom stereocenters. The average Bonchev–Trinajstić information content (AvgIpc) is 3.10. The third-order valence-corrected chi connectivity index (χ3v) is 5.49. The minimum Gasteiger partial charge on any atom is -0.338 e. The number of pyridine rings is 2. The van der Waals surface area contributed by atoms with Crippen LogP contribution in [0.5, 0.6) is 0 Å². The summed E-state index contributed by atoms with van der Waals surface area (Å²) in [5, 5.41) is 0.897. The van der Waals surface area contributed by atoms with Crippen LogP contribution in [0.25, 0.3) is 22.2 Å². The van der Waals surface area contributed by atoms with E-state index in [4.69, 9.17) is 10.7 Å². The van der Waals surface area contributed by atoms with Crippen LogP contribution in [0.3, 0.4) is 0 Å². The Kier molecular flexibility index (Phi) is 4.40. The van der Waals surface area contributed by atoms with Crippen molar-refractivity contribution in [3.63, 3.8) is 0 Å². The molecule has 1 aliphatic heterocycles. The van der Waals surface area contributed by atoms with E-state index in [2.05, 4.69) is 11.9 Å². The van der Waals surface area contributed by atoms with Gasteiger partial charge in [0.2, 0.25) is 0 Å². The number of aryl methyl sites for hydroxylation is 1. The average molecular weight is 360 g/mol. The number of nitrogens with two attached hydrogens (primary N) is 1. The lowest BCUT2D eigenvalue weighted by Gasteiger charge is -2.23. The summed E-state index contributed by atoms with van der Waals surface area (Å²) in [4.78, 5) is 24.3. The fourth-order valence-electron chi connectivity index (χ4n) is 3.71. The number of hydrogen-bond acceptors (Lipinski definition) is 4. The first-order valence-electron chi connectivity index (χ1n) is 9.30. The van der Waals surface area contributed by atoms with Crippen LogP contribution in [0.1, 0.15) is 29.3 Å². The third kappa shape index (κ3) is 3.30. The molecular weight excluding hydrogens is 336 g/mol. The number of hydrogen-bond donors (Lipinski definition) is 1. The van der Waals surface area contributed by atoms with Crippen molar-refractivity contribution in [2.24, 2.45) is 11.1 Å². The number of carbonyl (C=O) groups is 1. The molecule has 1 amide bonds. The quantitative estimate of drug-likeness (QED) is 0.777. The molecule has 1 atom stereocenters. The number of fused-ring (bicyclic) bond motifs is 1. The van der Waals surface area contributed by atoms with Crippen molar-refractivity contribution in [1.82, 2.24) is 14.9 Å². The van der Waals surface area contributed by atoms with Gasteiger partial charge in [-0.05, 0) is 55.6 Å². The third-order valence-electron chi connectivity index (χ3n) is 5.49. The van der Waals surface area contributed by atoms with E-state index in [1.807, 2.05) is 48.2 Å². The van der Waals surface area contributed by atoms with Crippen molar-refractivity contribution in [2.75, 3.05) is 19.6 Å². The summed E-state index contributed by atoms with van der Waals surface area (Å²) in [5.74, 6) is 0.0512. The largest absolute Gasteiger partial charge is 0.338 e. The van der Waals surface area contributed by atoms with Gasteiger partial charge in [0.1, 0.15) is 0 Å². The Morgan fingerprint density at radius 3 is 2.85 bits per heavy atom. The van der Waals surface area contributed by atoms with Crippen molar-refractivity contribution in [3.8, 4) is 11.3 Å². The van der Waals surface area contributed by atoms with Crippen LogP contribution in [-0.2, 0) is 0 Å². The number of nitrogens with zero attached hydrogens (tertiary/aromatic N) is 3. The van der Waals surface area contributed by atoms with Crippen LogP contribution >= 0.6 is 0 Å². The molecule has 27 heavy (non-hydrogen) atoms. The second kappa shape index (κ2) is 6.74. The van der Waals surface area contributed by atoms with E-state index in [9.17, 15) is 4.79 Å². The molecule has 0 bridgehead atoms. The van der Waals surface area contributed by atoms with E-state index < -0.39 is 0 Å². The normalized spacial score (nSPS) is 19.6. The van der Waals surface area contributed by atoms with Crippen molar-refractivity contribution < 1.29 is 4.79 Å². The minimum atomic E-state index is 0.000586. The van der Waals surface area contributed by atoms with Gasteiger partial charge in [-0.25, -0.2) is 4.98 Å². The second-order valence-electron chi connectivity index (χ2n) is 7.81. The molecule has 3 heterocycles. The number of aromatic nitrogens is 2. The van der Waals surface area contributed by atoms with Gasteiger partial charge in [0.15, 0.2) is 0 Å². The van der Waals surface area contributed by atoms with E-state index in [0.717, 1.165) is 40.7 Å². The zero-order valence-corrected chi connectivity index (χ0v) is 15.8. The maximum atomic E-state index is 13.4. The van der Waals surface area contributed by atoms with Gasteiger partial charge >= 0.3 is 0 Å². The highest BCUT2D eigenvalue weighted by Gasteiger charge is 2.35. The van der Waals surface area contributed by atoms with Crippen molar-refractivity contribution >= 4 is 16.8 Å². The Hall–Kier alpha value is -2.79. The number of amides is 1. The molecule has 5 nitrogen and oxygen atoms in total. The first-order valence-corrected chi connectivity index (χ1v) is 9.30. The predicted molar refractivity (Wildman–Crippen MR) is 107 cm³/mol. The molecule has 5 heteroatoms. The SMILES string of the molecule is Cc1ccc2nc(-c3cccnc3)cc(C(=O)N3CCC(C)(CN)C3)c2c1. The zero-order chi connectivity index (χ0) is 19.0. The van der Waals surface area contributed by atoms with Gasteiger partial charge in [0.05, 0.1) is 16.8 Å². The molecule has 0 aliphatic carbocycles. The van der Waals surface area contributed by atoms with Gasteiger partial charge in [-0.15, -0.1) is 0 Å². The Bertz CT molecular complexity index is 1000. The predicted octanol–water partition coefficient (Wildman–Crippen LogP) is 3.42. The van der Waals surface area contributed by atoms with Gasteiger partial charge in [-0.3, -0.25) is 9.78 Å². The summed E-state index contributed by atoms with van der Waals surface area (Å²) in [6.07, 6.45) is 4.45. The molecular formula is C22H24N4O. The van der Waals surface area contributed by atoms with Crippen molar-refractivity contribution in [1.29, 1.82) is 0 Å². The highest BCUT2D eigenvalue weighted by Crippen LogP contribution is 2.32.